The topological polar surface area (TPSA) is 9.23 Å². The summed E-state index contributed by atoms with van der Waals surface area (Å²) in [5.41, 5.74) is -0.606. The van der Waals surface area contributed by atoms with Crippen molar-refractivity contribution >= 4 is 0 Å². The van der Waals surface area contributed by atoms with Gasteiger partial charge in [-0.3, -0.25) is 0 Å². The number of halogens is 5. The zero-order valence-corrected chi connectivity index (χ0v) is 12.2. The predicted octanol–water partition coefficient (Wildman–Crippen LogP) is 5.09. The Balaban J connectivity index is 3.22. The Morgan fingerprint density at radius 2 is 1.62 bits per heavy atom. The van der Waals surface area contributed by atoms with Crippen LogP contribution in [0.2, 0.25) is 0 Å². The lowest BCUT2D eigenvalue weighted by Gasteiger charge is -2.34. The van der Waals surface area contributed by atoms with E-state index in [0.717, 1.165) is 19.1 Å². The highest BCUT2D eigenvalue weighted by Gasteiger charge is 2.60. The Labute approximate surface area is 121 Å². The molecule has 0 heterocycles. The Morgan fingerprint density at radius 3 is 2.10 bits per heavy atom. The van der Waals surface area contributed by atoms with Gasteiger partial charge in [-0.2, -0.15) is 22.0 Å². The molecule has 6 heteroatoms. The summed E-state index contributed by atoms with van der Waals surface area (Å²) >= 11 is 0. The summed E-state index contributed by atoms with van der Waals surface area (Å²) in [4.78, 5) is 0. The van der Waals surface area contributed by atoms with Crippen molar-refractivity contribution in [2.45, 2.75) is 50.8 Å². The third kappa shape index (κ3) is 3.93. The van der Waals surface area contributed by atoms with E-state index < -0.39 is 24.1 Å². The maximum atomic E-state index is 13.4. The van der Waals surface area contributed by atoms with E-state index >= 15 is 0 Å². The molecule has 0 saturated carbocycles. The first kappa shape index (κ1) is 17.9. The second kappa shape index (κ2) is 6.30. The molecule has 0 aromatic heterocycles. The number of ether oxygens (including phenoxy) is 1. The fourth-order valence-electron chi connectivity index (χ4n) is 2.32. The van der Waals surface area contributed by atoms with Crippen molar-refractivity contribution in [1.82, 2.24) is 0 Å². The number of benzene rings is 1. The fourth-order valence-corrected chi connectivity index (χ4v) is 2.32. The van der Waals surface area contributed by atoms with E-state index in [2.05, 4.69) is 0 Å². The van der Waals surface area contributed by atoms with Crippen LogP contribution in [0.3, 0.4) is 0 Å². The summed E-state index contributed by atoms with van der Waals surface area (Å²) in [7, 11) is 1.15. The van der Waals surface area contributed by atoms with E-state index in [1.165, 1.54) is 6.92 Å². The summed E-state index contributed by atoms with van der Waals surface area (Å²) in [5, 5.41) is 0. The maximum absolute atomic E-state index is 13.4. The van der Waals surface area contributed by atoms with Crippen molar-refractivity contribution in [3.05, 3.63) is 35.4 Å². The summed E-state index contributed by atoms with van der Waals surface area (Å²) in [5.74, 6) is -4.81. The molecule has 1 atom stereocenters. The van der Waals surface area contributed by atoms with Crippen molar-refractivity contribution in [3.8, 4) is 0 Å². The van der Waals surface area contributed by atoms with Crippen LogP contribution in [0.4, 0.5) is 22.0 Å². The van der Waals surface area contributed by atoms with Gasteiger partial charge in [0.15, 0.2) is 0 Å². The van der Waals surface area contributed by atoms with Gasteiger partial charge in [-0.1, -0.05) is 37.6 Å². The van der Waals surface area contributed by atoms with Crippen LogP contribution in [0.1, 0.15) is 37.8 Å². The lowest BCUT2D eigenvalue weighted by molar-refractivity contribution is -0.298. The van der Waals surface area contributed by atoms with Crippen LogP contribution in [0.5, 0.6) is 0 Å². The predicted molar refractivity (Wildman–Crippen MR) is 70.4 cm³/mol. The highest BCUT2D eigenvalue weighted by Crippen LogP contribution is 2.45. The average Bonchev–Trinajstić information content (AvgIpc) is 2.37. The van der Waals surface area contributed by atoms with Crippen LogP contribution in [0.25, 0.3) is 0 Å². The Hall–Kier alpha value is -1.17. The Bertz CT molecular complexity index is 469. The summed E-state index contributed by atoms with van der Waals surface area (Å²) in [6, 6.07) is 6.60. The molecule has 1 rings (SSSR count). The molecule has 1 unspecified atom stereocenters. The SMILES string of the molecule is CCCc1ccccc1C(C)(CC(F)(F)C(F)(F)F)OC. The number of hydrogen-bond donors (Lipinski definition) is 0. The molecule has 21 heavy (non-hydrogen) atoms. The molecule has 0 fully saturated rings. The monoisotopic (exact) mass is 310 g/mol. The molecule has 0 aliphatic rings. The van der Waals surface area contributed by atoms with Crippen molar-refractivity contribution in [1.29, 1.82) is 0 Å². The molecule has 0 radical (unpaired) electrons. The highest BCUT2D eigenvalue weighted by atomic mass is 19.4. The minimum Gasteiger partial charge on any atom is -0.374 e. The number of hydrogen-bond acceptors (Lipinski definition) is 1. The first-order valence-corrected chi connectivity index (χ1v) is 6.65. The second-order valence-electron chi connectivity index (χ2n) is 5.22. The molecule has 120 valence electrons. The third-order valence-corrected chi connectivity index (χ3v) is 3.53. The van der Waals surface area contributed by atoms with Crippen molar-refractivity contribution in [2.75, 3.05) is 7.11 Å². The molecule has 1 aromatic carbocycles. The van der Waals surface area contributed by atoms with Gasteiger partial charge in [0.05, 0.1) is 12.0 Å². The van der Waals surface area contributed by atoms with Gasteiger partial charge in [-0.15, -0.1) is 0 Å². The van der Waals surface area contributed by atoms with Gasteiger partial charge in [0.2, 0.25) is 0 Å². The summed E-state index contributed by atoms with van der Waals surface area (Å²) < 4.78 is 69.3. The zero-order valence-electron chi connectivity index (χ0n) is 12.2. The number of alkyl halides is 5. The lowest BCUT2D eigenvalue weighted by atomic mass is 9.84. The van der Waals surface area contributed by atoms with Gasteiger partial charge in [-0.25, -0.2) is 0 Å². The minimum atomic E-state index is -5.59. The smallest absolute Gasteiger partial charge is 0.374 e. The van der Waals surface area contributed by atoms with Crippen LogP contribution < -0.4 is 0 Å². The van der Waals surface area contributed by atoms with E-state index in [1.807, 2.05) is 6.92 Å². The van der Waals surface area contributed by atoms with Crippen LogP contribution in [0.15, 0.2) is 24.3 Å². The summed E-state index contributed by atoms with van der Waals surface area (Å²) in [6.45, 7) is 3.17. The molecule has 0 bridgehead atoms. The zero-order chi connectivity index (χ0) is 16.3. The van der Waals surface area contributed by atoms with Crippen LogP contribution >= 0.6 is 0 Å². The van der Waals surface area contributed by atoms with E-state index in [0.29, 0.717) is 12.0 Å². The van der Waals surface area contributed by atoms with Gasteiger partial charge in [-0.05, 0) is 24.5 Å². The van der Waals surface area contributed by atoms with Crippen LogP contribution in [-0.4, -0.2) is 19.2 Å². The summed E-state index contributed by atoms with van der Waals surface area (Å²) in [6.07, 6.45) is -5.69. The van der Waals surface area contributed by atoms with E-state index in [-0.39, 0.29) is 0 Å². The van der Waals surface area contributed by atoms with Gasteiger partial charge in [0.25, 0.3) is 0 Å². The molecule has 0 aliphatic heterocycles. The molecular formula is C15H19F5O. The Morgan fingerprint density at radius 1 is 1.05 bits per heavy atom. The van der Waals surface area contributed by atoms with Gasteiger partial charge in [0, 0.05) is 7.11 Å². The van der Waals surface area contributed by atoms with Crippen molar-refractivity contribution in [2.24, 2.45) is 0 Å². The third-order valence-electron chi connectivity index (χ3n) is 3.53. The van der Waals surface area contributed by atoms with E-state index in [1.54, 1.807) is 24.3 Å². The molecule has 0 spiro atoms. The number of aryl methyl sites for hydroxylation is 1. The first-order valence-electron chi connectivity index (χ1n) is 6.65. The number of methoxy groups -OCH3 is 1. The van der Waals surface area contributed by atoms with E-state index in [4.69, 9.17) is 4.74 Å². The van der Waals surface area contributed by atoms with Crippen molar-refractivity contribution in [3.63, 3.8) is 0 Å². The highest BCUT2D eigenvalue weighted by molar-refractivity contribution is 5.32. The van der Waals surface area contributed by atoms with Crippen LogP contribution in [0, 0.1) is 0 Å². The van der Waals surface area contributed by atoms with Gasteiger partial charge >= 0.3 is 12.1 Å². The largest absolute Gasteiger partial charge is 0.453 e. The lowest BCUT2D eigenvalue weighted by Crippen LogP contribution is -2.43. The van der Waals surface area contributed by atoms with Gasteiger partial charge < -0.3 is 4.74 Å². The van der Waals surface area contributed by atoms with E-state index in [9.17, 15) is 22.0 Å². The quantitative estimate of drug-likeness (QED) is 0.665. The first-order chi connectivity index (χ1) is 9.57. The average molecular weight is 310 g/mol. The molecule has 0 aliphatic carbocycles. The second-order valence-corrected chi connectivity index (χ2v) is 5.22. The minimum absolute atomic E-state index is 0.373. The fraction of sp³-hybridized carbons (Fsp3) is 0.600. The molecule has 1 aromatic rings. The molecule has 0 N–H and O–H groups in total. The Kier molecular flexibility index (Phi) is 5.36. The van der Waals surface area contributed by atoms with Crippen LogP contribution in [-0.2, 0) is 16.8 Å². The normalized spacial score (nSPS) is 15.8. The van der Waals surface area contributed by atoms with Gasteiger partial charge in [0.1, 0.15) is 0 Å². The standard InChI is InChI=1S/C15H19F5O/c1-4-7-11-8-5-6-9-12(11)13(2,21-3)10-14(16,17)15(18,19)20/h5-6,8-9H,4,7,10H2,1-3H3. The molecular weight excluding hydrogens is 291 g/mol. The van der Waals surface area contributed by atoms with Crippen molar-refractivity contribution < 1.29 is 26.7 Å². The molecule has 1 nitrogen and oxygen atoms in total. The number of rotatable bonds is 6. The maximum Gasteiger partial charge on any atom is 0.453 e. The molecule has 0 saturated heterocycles. The molecule has 0 amide bonds.